The van der Waals surface area contributed by atoms with Crippen LogP contribution in [-0.2, 0) is 12.8 Å². The first-order chi connectivity index (χ1) is 11.7. The van der Waals surface area contributed by atoms with E-state index in [1.54, 1.807) is 12.1 Å². The molecule has 1 saturated heterocycles. The summed E-state index contributed by atoms with van der Waals surface area (Å²) in [6.07, 6.45) is 4.84. The lowest BCUT2D eigenvalue weighted by atomic mass is 10.2. The standard InChI is InChI=1S/C17H18ClN5O/c18-15-5-4-13(11-19-15)17(24)23-8-6-22(7-9-23)16-10-12-2-1-3-14(12)20-21-16/h4-5,10-11H,1-3,6-9H2. The molecule has 2 aromatic heterocycles. The van der Waals surface area contributed by atoms with E-state index in [-0.39, 0.29) is 5.91 Å². The predicted molar refractivity (Wildman–Crippen MR) is 91.4 cm³/mol. The Bertz CT molecular complexity index is 756. The minimum atomic E-state index is -0.00106. The first-order valence-corrected chi connectivity index (χ1v) is 8.60. The molecule has 0 atom stereocenters. The summed E-state index contributed by atoms with van der Waals surface area (Å²) in [6.45, 7) is 2.86. The molecule has 24 heavy (non-hydrogen) atoms. The summed E-state index contributed by atoms with van der Waals surface area (Å²) in [6, 6.07) is 5.52. The zero-order valence-corrected chi connectivity index (χ0v) is 14.0. The van der Waals surface area contributed by atoms with E-state index in [1.807, 2.05) is 4.90 Å². The average Bonchev–Trinajstić information content (AvgIpc) is 3.09. The maximum Gasteiger partial charge on any atom is 0.255 e. The fraction of sp³-hybridized carbons (Fsp3) is 0.412. The number of hydrogen-bond donors (Lipinski definition) is 0. The molecule has 2 aromatic rings. The Labute approximate surface area is 145 Å². The van der Waals surface area contributed by atoms with E-state index in [2.05, 4.69) is 26.1 Å². The maximum absolute atomic E-state index is 12.5. The number of halogens is 1. The predicted octanol–water partition coefficient (Wildman–Crippen LogP) is 1.98. The highest BCUT2D eigenvalue weighted by Gasteiger charge is 2.24. The van der Waals surface area contributed by atoms with Crippen molar-refractivity contribution in [1.29, 1.82) is 0 Å². The van der Waals surface area contributed by atoms with E-state index in [9.17, 15) is 4.79 Å². The largest absolute Gasteiger partial charge is 0.352 e. The number of aryl methyl sites for hydroxylation is 2. The number of piperazine rings is 1. The summed E-state index contributed by atoms with van der Waals surface area (Å²) >= 11 is 5.77. The summed E-state index contributed by atoms with van der Waals surface area (Å²) in [5.41, 5.74) is 3.04. The molecular formula is C17H18ClN5O. The van der Waals surface area contributed by atoms with Crippen LogP contribution >= 0.6 is 11.6 Å². The van der Waals surface area contributed by atoms with Crippen molar-refractivity contribution in [1.82, 2.24) is 20.1 Å². The first-order valence-electron chi connectivity index (χ1n) is 8.22. The quantitative estimate of drug-likeness (QED) is 0.780. The van der Waals surface area contributed by atoms with Crippen LogP contribution in [0.5, 0.6) is 0 Å². The normalized spacial score (nSPS) is 17.0. The monoisotopic (exact) mass is 343 g/mol. The van der Waals surface area contributed by atoms with Gasteiger partial charge in [-0.05, 0) is 43.0 Å². The van der Waals surface area contributed by atoms with Gasteiger partial charge in [0.25, 0.3) is 5.91 Å². The number of aromatic nitrogens is 3. The van der Waals surface area contributed by atoms with Crippen LogP contribution < -0.4 is 4.90 Å². The molecule has 4 rings (SSSR count). The van der Waals surface area contributed by atoms with Gasteiger partial charge in [0.05, 0.1) is 11.3 Å². The van der Waals surface area contributed by atoms with Gasteiger partial charge in [-0.2, -0.15) is 5.10 Å². The molecule has 124 valence electrons. The molecule has 0 unspecified atom stereocenters. The Kier molecular flexibility index (Phi) is 4.06. The molecule has 1 aliphatic carbocycles. The minimum absolute atomic E-state index is 0.00106. The fourth-order valence-electron chi connectivity index (χ4n) is 3.30. The van der Waals surface area contributed by atoms with Crippen molar-refractivity contribution in [3.05, 3.63) is 46.4 Å². The van der Waals surface area contributed by atoms with Gasteiger partial charge in [-0.15, -0.1) is 5.10 Å². The second-order valence-corrected chi connectivity index (χ2v) is 6.56. The third kappa shape index (κ3) is 2.94. The van der Waals surface area contributed by atoms with E-state index in [0.717, 1.165) is 37.4 Å². The number of amides is 1. The van der Waals surface area contributed by atoms with Gasteiger partial charge in [0.15, 0.2) is 5.82 Å². The number of hydrogen-bond acceptors (Lipinski definition) is 5. The second-order valence-electron chi connectivity index (χ2n) is 6.18. The molecule has 7 heteroatoms. The third-order valence-electron chi connectivity index (χ3n) is 4.67. The Morgan fingerprint density at radius 3 is 2.67 bits per heavy atom. The molecule has 0 spiro atoms. The highest BCUT2D eigenvalue weighted by molar-refractivity contribution is 6.29. The number of nitrogens with zero attached hydrogens (tertiary/aromatic N) is 5. The number of rotatable bonds is 2. The number of pyridine rings is 1. The molecule has 0 aromatic carbocycles. The lowest BCUT2D eigenvalue weighted by Gasteiger charge is -2.35. The smallest absolute Gasteiger partial charge is 0.255 e. The maximum atomic E-state index is 12.5. The van der Waals surface area contributed by atoms with Gasteiger partial charge in [-0.25, -0.2) is 4.98 Å². The van der Waals surface area contributed by atoms with E-state index in [4.69, 9.17) is 11.6 Å². The lowest BCUT2D eigenvalue weighted by Crippen LogP contribution is -2.49. The molecule has 0 saturated carbocycles. The molecule has 2 aliphatic rings. The summed E-state index contributed by atoms with van der Waals surface area (Å²) in [7, 11) is 0. The zero-order chi connectivity index (χ0) is 16.5. The van der Waals surface area contributed by atoms with E-state index in [1.165, 1.54) is 18.2 Å². The van der Waals surface area contributed by atoms with Crippen molar-refractivity contribution in [3.63, 3.8) is 0 Å². The van der Waals surface area contributed by atoms with Crippen molar-refractivity contribution in [3.8, 4) is 0 Å². The number of anilines is 1. The Morgan fingerprint density at radius 2 is 1.92 bits per heavy atom. The van der Waals surface area contributed by atoms with Crippen LogP contribution in [0.2, 0.25) is 5.15 Å². The summed E-state index contributed by atoms with van der Waals surface area (Å²) < 4.78 is 0. The summed E-state index contributed by atoms with van der Waals surface area (Å²) in [5.74, 6) is 0.926. The SMILES string of the molecule is O=C(c1ccc(Cl)nc1)N1CCN(c2cc3c(nn2)CCC3)CC1. The van der Waals surface area contributed by atoms with E-state index in [0.29, 0.717) is 23.8 Å². The van der Waals surface area contributed by atoms with Crippen LogP contribution in [-0.4, -0.2) is 52.2 Å². The van der Waals surface area contributed by atoms with Crippen LogP contribution in [0, 0.1) is 0 Å². The number of fused-ring (bicyclic) bond motifs is 1. The zero-order valence-electron chi connectivity index (χ0n) is 13.3. The summed E-state index contributed by atoms with van der Waals surface area (Å²) in [4.78, 5) is 20.5. The first kappa shape index (κ1) is 15.3. The summed E-state index contributed by atoms with van der Waals surface area (Å²) in [5, 5.41) is 9.11. The number of carbonyl (C=O) groups excluding carboxylic acids is 1. The van der Waals surface area contributed by atoms with Crippen molar-refractivity contribution in [2.45, 2.75) is 19.3 Å². The molecule has 3 heterocycles. The second kappa shape index (κ2) is 6.36. The van der Waals surface area contributed by atoms with Crippen LogP contribution in [0.3, 0.4) is 0 Å². The van der Waals surface area contributed by atoms with E-state index >= 15 is 0 Å². The van der Waals surface area contributed by atoms with Gasteiger partial charge in [0.1, 0.15) is 5.15 Å². The van der Waals surface area contributed by atoms with Gasteiger partial charge >= 0.3 is 0 Å². The molecule has 1 aliphatic heterocycles. The van der Waals surface area contributed by atoms with Crippen LogP contribution in [0.25, 0.3) is 0 Å². The van der Waals surface area contributed by atoms with Gasteiger partial charge in [0.2, 0.25) is 0 Å². The van der Waals surface area contributed by atoms with Crippen LogP contribution in [0.15, 0.2) is 24.4 Å². The Morgan fingerprint density at radius 1 is 1.08 bits per heavy atom. The van der Waals surface area contributed by atoms with Gasteiger partial charge in [-0.3, -0.25) is 4.79 Å². The molecule has 1 fully saturated rings. The Balaban J connectivity index is 1.41. The Hall–Kier alpha value is -2.21. The highest BCUT2D eigenvalue weighted by atomic mass is 35.5. The third-order valence-corrected chi connectivity index (χ3v) is 4.90. The van der Waals surface area contributed by atoms with Crippen LogP contribution in [0.1, 0.15) is 28.0 Å². The van der Waals surface area contributed by atoms with Gasteiger partial charge in [0, 0.05) is 32.4 Å². The van der Waals surface area contributed by atoms with Gasteiger partial charge < -0.3 is 9.80 Å². The number of carbonyl (C=O) groups is 1. The molecule has 6 nitrogen and oxygen atoms in total. The fourth-order valence-corrected chi connectivity index (χ4v) is 3.41. The van der Waals surface area contributed by atoms with Gasteiger partial charge in [-0.1, -0.05) is 11.6 Å². The molecule has 1 amide bonds. The van der Waals surface area contributed by atoms with Crippen molar-refractivity contribution < 1.29 is 4.79 Å². The molecule has 0 N–H and O–H groups in total. The minimum Gasteiger partial charge on any atom is -0.352 e. The highest BCUT2D eigenvalue weighted by Crippen LogP contribution is 2.23. The lowest BCUT2D eigenvalue weighted by molar-refractivity contribution is 0.0746. The van der Waals surface area contributed by atoms with Crippen molar-refractivity contribution in [2.75, 3.05) is 31.1 Å². The molecular weight excluding hydrogens is 326 g/mol. The van der Waals surface area contributed by atoms with E-state index < -0.39 is 0 Å². The van der Waals surface area contributed by atoms with Crippen molar-refractivity contribution >= 4 is 23.3 Å². The topological polar surface area (TPSA) is 62.2 Å². The molecule has 0 radical (unpaired) electrons. The average molecular weight is 344 g/mol. The molecule has 0 bridgehead atoms. The van der Waals surface area contributed by atoms with Crippen molar-refractivity contribution in [2.24, 2.45) is 0 Å². The van der Waals surface area contributed by atoms with Crippen LogP contribution in [0.4, 0.5) is 5.82 Å².